The van der Waals surface area contributed by atoms with Gasteiger partial charge in [-0.3, -0.25) is 0 Å². The molecule has 27 heavy (non-hydrogen) atoms. The lowest BCUT2D eigenvalue weighted by Crippen LogP contribution is -2.31. The maximum absolute atomic E-state index is 6.07. The van der Waals surface area contributed by atoms with Crippen LogP contribution >= 0.6 is 0 Å². The molecule has 0 aliphatic rings. The van der Waals surface area contributed by atoms with Crippen LogP contribution in [0.25, 0.3) is 0 Å². The van der Waals surface area contributed by atoms with Crippen molar-refractivity contribution >= 4 is 8.80 Å². The first-order valence-corrected chi connectivity index (χ1v) is 13.1. The lowest BCUT2D eigenvalue weighted by Gasteiger charge is -2.30. The maximum Gasteiger partial charge on any atom is 0.147 e. The van der Waals surface area contributed by atoms with E-state index < -0.39 is 8.80 Å². The Morgan fingerprint density at radius 3 is 2.33 bits per heavy atom. The van der Waals surface area contributed by atoms with Crippen molar-refractivity contribution in [2.45, 2.75) is 65.0 Å². The van der Waals surface area contributed by atoms with Crippen LogP contribution in [0.1, 0.15) is 39.7 Å². The molecule has 0 saturated heterocycles. The maximum atomic E-state index is 6.07. The van der Waals surface area contributed by atoms with Gasteiger partial charge >= 0.3 is 0 Å². The van der Waals surface area contributed by atoms with E-state index in [0.717, 1.165) is 25.2 Å². The molecule has 0 spiro atoms. The number of benzene rings is 1. The summed E-state index contributed by atoms with van der Waals surface area (Å²) in [4.78, 5) is 0. The summed E-state index contributed by atoms with van der Waals surface area (Å²) < 4.78 is 17.8. The first-order valence-electron chi connectivity index (χ1n) is 10.2. The third-order valence-corrected chi connectivity index (χ3v) is 8.76. The minimum Gasteiger partial charge on any atom is -0.381 e. The first kappa shape index (κ1) is 24.1. The standard InChI is InChI=1S/C23H40O3Si/c1-8-21(14-15-24-17-23(4,5)27(6)7)22(19(2)3)26-18-25-16-20-12-10-9-11-13-20/h8-13,19,21-22,27H,1,14-18H2,2-7H3. The van der Waals surface area contributed by atoms with E-state index in [1.54, 1.807) is 0 Å². The number of hydrogen-bond acceptors (Lipinski definition) is 3. The number of ether oxygens (including phenoxy) is 3. The van der Waals surface area contributed by atoms with Crippen LogP contribution in [0, 0.1) is 11.8 Å². The van der Waals surface area contributed by atoms with Gasteiger partial charge < -0.3 is 14.2 Å². The zero-order valence-electron chi connectivity index (χ0n) is 18.2. The van der Waals surface area contributed by atoms with Gasteiger partial charge in [-0.1, -0.05) is 77.2 Å². The molecule has 0 bridgehead atoms. The highest BCUT2D eigenvalue weighted by molar-refractivity contribution is 6.59. The SMILES string of the molecule is C=CC(CCOCC(C)(C)[SiH](C)C)C(OCOCc1ccccc1)C(C)C. The molecule has 0 heterocycles. The topological polar surface area (TPSA) is 27.7 Å². The quantitative estimate of drug-likeness (QED) is 0.176. The fraction of sp³-hybridized carbons (Fsp3) is 0.652. The molecule has 3 nitrogen and oxygen atoms in total. The second-order valence-electron chi connectivity index (χ2n) is 8.71. The Kier molecular flexibility index (Phi) is 11.2. The van der Waals surface area contributed by atoms with Crippen LogP contribution in [0.5, 0.6) is 0 Å². The molecule has 0 aliphatic carbocycles. The van der Waals surface area contributed by atoms with Gasteiger partial charge in [0.1, 0.15) is 6.79 Å². The smallest absolute Gasteiger partial charge is 0.147 e. The highest BCUT2D eigenvalue weighted by atomic mass is 28.3. The fourth-order valence-electron chi connectivity index (χ4n) is 2.81. The van der Waals surface area contributed by atoms with Crippen LogP contribution in [0.3, 0.4) is 0 Å². The lowest BCUT2D eigenvalue weighted by atomic mass is 9.91. The highest BCUT2D eigenvalue weighted by Gasteiger charge is 2.25. The summed E-state index contributed by atoms with van der Waals surface area (Å²) in [6, 6.07) is 10.2. The Hall–Kier alpha value is -0.943. The van der Waals surface area contributed by atoms with E-state index >= 15 is 0 Å². The monoisotopic (exact) mass is 392 g/mol. The summed E-state index contributed by atoms with van der Waals surface area (Å²) in [5.74, 6) is 0.664. The van der Waals surface area contributed by atoms with Gasteiger partial charge in [0.05, 0.1) is 12.7 Å². The highest BCUT2D eigenvalue weighted by Crippen LogP contribution is 2.29. The van der Waals surface area contributed by atoms with Crippen molar-refractivity contribution in [1.29, 1.82) is 0 Å². The van der Waals surface area contributed by atoms with Crippen molar-refractivity contribution in [3.63, 3.8) is 0 Å². The van der Waals surface area contributed by atoms with Crippen LogP contribution in [0.15, 0.2) is 43.0 Å². The normalized spacial score (nSPS) is 14.5. The predicted molar refractivity (Wildman–Crippen MR) is 118 cm³/mol. The molecule has 1 rings (SSSR count). The molecule has 154 valence electrons. The summed E-state index contributed by atoms with van der Waals surface area (Å²) in [5, 5.41) is 0.336. The predicted octanol–water partition coefficient (Wildman–Crippen LogP) is 5.68. The van der Waals surface area contributed by atoms with E-state index in [1.165, 1.54) is 0 Å². The number of rotatable bonds is 14. The fourth-order valence-corrected chi connectivity index (χ4v) is 3.26. The van der Waals surface area contributed by atoms with Gasteiger partial charge in [0, 0.05) is 27.9 Å². The third-order valence-electron chi connectivity index (χ3n) is 5.47. The van der Waals surface area contributed by atoms with Gasteiger partial charge in [-0.25, -0.2) is 0 Å². The molecule has 0 saturated carbocycles. The van der Waals surface area contributed by atoms with Crippen molar-refractivity contribution in [2.24, 2.45) is 11.8 Å². The largest absolute Gasteiger partial charge is 0.381 e. The Bertz CT molecular complexity index is 514. The van der Waals surface area contributed by atoms with Crippen LogP contribution < -0.4 is 0 Å². The van der Waals surface area contributed by atoms with E-state index in [0.29, 0.717) is 24.4 Å². The van der Waals surface area contributed by atoms with E-state index in [1.807, 2.05) is 24.3 Å². The summed E-state index contributed by atoms with van der Waals surface area (Å²) in [6.07, 6.45) is 3.03. The zero-order chi connectivity index (χ0) is 20.3. The lowest BCUT2D eigenvalue weighted by molar-refractivity contribution is -0.122. The molecule has 0 N–H and O–H groups in total. The van der Waals surface area contributed by atoms with Crippen molar-refractivity contribution in [1.82, 2.24) is 0 Å². The number of hydrogen-bond donors (Lipinski definition) is 0. The molecule has 2 atom stereocenters. The zero-order valence-corrected chi connectivity index (χ0v) is 19.4. The molecule has 0 aliphatic heterocycles. The molecular weight excluding hydrogens is 352 g/mol. The average Bonchev–Trinajstić information content (AvgIpc) is 2.63. The van der Waals surface area contributed by atoms with Crippen molar-refractivity contribution in [2.75, 3.05) is 20.0 Å². The Labute approximate surface area is 168 Å². The van der Waals surface area contributed by atoms with Crippen LogP contribution in [-0.2, 0) is 20.8 Å². The van der Waals surface area contributed by atoms with Crippen molar-refractivity contribution in [3.8, 4) is 0 Å². The van der Waals surface area contributed by atoms with Gasteiger partial charge in [-0.2, -0.15) is 0 Å². The molecule has 4 heteroatoms. The Morgan fingerprint density at radius 1 is 1.11 bits per heavy atom. The van der Waals surface area contributed by atoms with E-state index in [9.17, 15) is 0 Å². The van der Waals surface area contributed by atoms with Crippen LogP contribution in [-0.4, -0.2) is 34.9 Å². The molecule has 0 fully saturated rings. The van der Waals surface area contributed by atoms with Gasteiger partial charge in [0.25, 0.3) is 0 Å². The third kappa shape index (κ3) is 9.20. The minimum absolute atomic E-state index is 0.0920. The molecule has 2 unspecified atom stereocenters. The molecular formula is C23H40O3Si. The molecule has 1 aromatic rings. The van der Waals surface area contributed by atoms with Gasteiger partial charge in [-0.05, 0) is 22.9 Å². The Balaban J connectivity index is 2.40. The van der Waals surface area contributed by atoms with E-state index in [4.69, 9.17) is 14.2 Å². The minimum atomic E-state index is -0.722. The van der Waals surface area contributed by atoms with Crippen molar-refractivity contribution in [3.05, 3.63) is 48.6 Å². The van der Waals surface area contributed by atoms with Crippen LogP contribution in [0.2, 0.25) is 18.1 Å². The summed E-state index contributed by atoms with van der Waals surface area (Å²) >= 11 is 0. The first-order chi connectivity index (χ1) is 12.8. The van der Waals surface area contributed by atoms with Crippen LogP contribution in [0.4, 0.5) is 0 Å². The Morgan fingerprint density at radius 2 is 1.78 bits per heavy atom. The average molecular weight is 393 g/mol. The van der Waals surface area contributed by atoms with Gasteiger partial charge in [0.2, 0.25) is 0 Å². The van der Waals surface area contributed by atoms with Gasteiger partial charge in [0.15, 0.2) is 0 Å². The second kappa shape index (κ2) is 12.5. The summed E-state index contributed by atoms with van der Waals surface area (Å²) in [7, 11) is -0.722. The molecule has 0 aromatic heterocycles. The summed E-state index contributed by atoms with van der Waals surface area (Å²) in [6.45, 7) is 20.3. The molecule has 1 aromatic carbocycles. The molecule has 0 amide bonds. The second-order valence-corrected chi connectivity index (χ2v) is 12.6. The van der Waals surface area contributed by atoms with E-state index in [2.05, 4.69) is 59.5 Å². The van der Waals surface area contributed by atoms with Gasteiger partial charge in [-0.15, -0.1) is 6.58 Å². The molecule has 0 radical (unpaired) electrons. The van der Waals surface area contributed by atoms with E-state index in [-0.39, 0.29) is 12.0 Å². The van der Waals surface area contributed by atoms with Crippen molar-refractivity contribution < 1.29 is 14.2 Å². The summed E-state index contributed by atoms with van der Waals surface area (Å²) in [5.41, 5.74) is 1.16.